The minimum Gasteiger partial charge on any atom is -0.507 e. The number of fused-ring (bicyclic) bond motifs is 1. The van der Waals surface area contributed by atoms with Crippen LogP contribution >= 0.6 is 0 Å². The van der Waals surface area contributed by atoms with Crippen LogP contribution in [0.2, 0.25) is 0 Å². The molecule has 0 aliphatic rings. The number of phenolic OH excluding ortho intramolecular Hbond substituents is 1. The van der Waals surface area contributed by atoms with Crippen LogP contribution in [0.4, 0.5) is 0 Å². The number of aromatic hydroxyl groups is 1. The summed E-state index contributed by atoms with van der Waals surface area (Å²) in [5.74, 6) is -0.0459. The van der Waals surface area contributed by atoms with Crippen LogP contribution in [0.15, 0.2) is 72.8 Å². The second-order valence-electron chi connectivity index (χ2n) is 7.04. The molecular weight excluding hydrogens is 392 g/mol. The summed E-state index contributed by atoms with van der Waals surface area (Å²) in [6.07, 6.45) is 0. The molecule has 0 amide bonds. The van der Waals surface area contributed by atoms with Gasteiger partial charge in [0.1, 0.15) is 30.8 Å². The molecule has 0 aliphatic heterocycles. The number of benzene rings is 3. The van der Waals surface area contributed by atoms with Gasteiger partial charge in [0.15, 0.2) is 0 Å². The molecule has 31 heavy (non-hydrogen) atoms. The van der Waals surface area contributed by atoms with Crippen molar-refractivity contribution in [1.82, 2.24) is 4.57 Å². The number of nitrogens with zero attached hydrogens (tertiary/aromatic N) is 2. The first-order valence-electron chi connectivity index (χ1n) is 9.71. The summed E-state index contributed by atoms with van der Waals surface area (Å²) in [4.78, 5) is 13.1. The van der Waals surface area contributed by atoms with Crippen molar-refractivity contribution in [2.45, 2.75) is 13.2 Å². The van der Waals surface area contributed by atoms with E-state index in [2.05, 4.69) is 0 Å². The first-order valence-corrected chi connectivity index (χ1v) is 9.71. The Morgan fingerprint density at radius 2 is 1.71 bits per heavy atom. The molecule has 0 radical (unpaired) electrons. The quantitative estimate of drug-likeness (QED) is 0.465. The number of carbonyl (C=O) groups excluding carboxylic acids is 1. The lowest BCUT2D eigenvalue weighted by Crippen LogP contribution is -2.11. The minimum absolute atomic E-state index is 0.119. The monoisotopic (exact) mass is 412 g/mol. The topological polar surface area (TPSA) is 84.5 Å². The van der Waals surface area contributed by atoms with Gasteiger partial charge in [0.25, 0.3) is 0 Å². The number of aryl methyl sites for hydroxylation is 1. The fourth-order valence-electron chi connectivity index (χ4n) is 3.47. The van der Waals surface area contributed by atoms with Gasteiger partial charge in [0, 0.05) is 12.4 Å². The van der Waals surface area contributed by atoms with Gasteiger partial charge in [-0.15, -0.1) is 0 Å². The average molecular weight is 412 g/mol. The highest BCUT2D eigenvalue weighted by Gasteiger charge is 2.24. The second kappa shape index (κ2) is 8.64. The number of rotatable bonds is 6. The Hall–Kier alpha value is -4.24. The van der Waals surface area contributed by atoms with Gasteiger partial charge >= 0.3 is 5.97 Å². The van der Waals surface area contributed by atoms with Gasteiger partial charge in [-0.2, -0.15) is 5.26 Å². The van der Waals surface area contributed by atoms with Crippen molar-refractivity contribution in [1.29, 1.82) is 5.26 Å². The highest BCUT2D eigenvalue weighted by Crippen LogP contribution is 2.32. The van der Waals surface area contributed by atoms with E-state index in [1.165, 1.54) is 6.07 Å². The SMILES string of the molecule is Cn1c(COc2ccccc2)c(C(=O)OCc2ccccc2)c2cc(O)c(C#N)cc21. The largest absolute Gasteiger partial charge is 0.507 e. The van der Waals surface area contributed by atoms with E-state index in [4.69, 9.17) is 9.47 Å². The predicted octanol–water partition coefficient (Wildman–Crippen LogP) is 4.69. The summed E-state index contributed by atoms with van der Waals surface area (Å²) in [6.45, 7) is 0.241. The predicted molar refractivity (Wildman–Crippen MR) is 116 cm³/mol. The Bertz CT molecular complexity index is 1270. The summed E-state index contributed by atoms with van der Waals surface area (Å²) in [6, 6.07) is 23.6. The van der Waals surface area contributed by atoms with E-state index in [9.17, 15) is 15.2 Å². The van der Waals surface area contributed by atoms with Crippen molar-refractivity contribution in [3.63, 3.8) is 0 Å². The van der Waals surface area contributed by atoms with E-state index in [-0.39, 0.29) is 24.5 Å². The van der Waals surface area contributed by atoms with Crippen molar-refractivity contribution >= 4 is 16.9 Å². The van der Waals surface area contributed by atoms with Crippen LogP contribution in [0.5, 0.6) is 11.5 Å². The van der Waals surface area contributed by atoms with E-state index in [0.29, 0.717) is 27.9 Å². The Kier molecular flexibility index (Phi) is 5.59. The van der Waals surface area contributed by atoms with Gasteiger partial charge in [-0.3, -0.25) is 0 Å². The third-order valence-electron chi connectivity index (χ3n) is 5.09. The zero-order chi connectivity index (χ0) is 21.8. The Morgan fingerprint density at radius 1 is 1.03 bits per heavy atom. The summed E-state index contributed by atoms with van der Waals surface area (Å²) < 4.78 is 13.2. The molecule has 3 aromatic carbocycles. The smallest absolute Gasteiger partial charge is 0.341 e. The van der Waals surface area contributed by atoms with Crippen LogP contribution in [0.3, 0.4) is 0 Å². The van der Waals surface area contributed by atoms with Gasteiger partial charge in [-0.25, -0.2) is 4.79 Å². The third kappa shape index (κ3) is 4.07. The molecule has 0 saturated carbocycles. The van der Waals surface area contributed by atoms with Gasteiger partial charge in [0.2, 0.25) is 0 Å². The number of aromatic nitrogens is 1. The molecule has 0 atom stereocenters. The van der Waals surface area contributed by atoms with Crippen molar-refractivity contribution in [3.05, 3.63) is 95.2 Å². The summed E-state index contributed by atoms with van der Waals surface area (Å²) in [5, 5.41) is 20.0. The van der Waals surface area contributed by atoms with E-state index in [0.717, 1.165) is 5.56 Å². The van der Waals surface area contributed by atoms with Crippen molar-refractivity contribution in [2.75, 3.05) is 0 Å². The van der Waals surface area contributed by atoms with Crippen molar-refractivity contribution in [3.8, 4) is 17.6 Å². The van der Waals surface area contributed by atoms with Crippen LogP contribution in [0.1, 0.15) is 27.2 Å². The van der Waals surface area contributed by atoms with E-state index in [1.807, 2.05) is 66.7 Å². The minimum atomic E-state index is -0.523. The molecule has 6 heteroatoms. The zero-order valence-corrected chi connectivity index (χ0v) is 16.9. The Labute approximate surface area is 179 Å². The van der Waals surface area contributed by atoms with Crippen molar-refractivity contribution in [2.24, 2.45) is 7.05 Å². The first-order chi connectivity index (χ1) is 15.1. The highest BCUT2D eigenvalue weighted by molar-refractivity contribution is 6.06. The van der Waals surface area contributed by atoms with Crippen LogP contribution in [0.25, 0.3) is 10.9 Å². The molecule has 0 unspecified atom stereocenters. The molecule has 0 fully saturated rings. The average Bonchev–Trinajstić information content (AvgIpc) is 3.07. The maximum atomic E-state index is 13.1. The number of esters is 1. The number of ether oxygens (including phenoxy) is 2. The summed E-state index contributed by atoms with van der Waals surface area (Å²) in [5.41, 5.74) is 2.53. The molecule has 1 aromatic heterocycles. The third-order valence-corrected chi connectivity index (χ3v) is 5.09. The number of hydrogen-bond donors (Lipinski definition) is 1. The normalized spacial score (nSPS) is 10.6. The molecule has 1 heterocycles. The van der Waals surface area contributed by atoms with Crippen LogP contribution < -0.4 is 4.74 Å². The number of hydrogen-bond acceptors (Lipinski definition) is 5. The maximum absolute atomic E-state index is 13.1. The number of carbonyl (C=O) groups is 1. The molecule has 0 aliphatic carbocycles. The van der Waals surface area contributed by atoms with Gasteiger partial charge in [-0.1, -0.05) is 48.5 Å². The molecule has 6 nitrogen and oxygen atoms in total. The molecule has 4 rings (SSSR count). The highest BCUT2D eigenvalue weighted by atomic mass is 16.5. The molecule has 1 N–H and O–H groups in total. The fourth-order valence-corrected chi connectivity index (χ4v) is 3.47. The van der Waals surface area contributed by atoms with Gasteiger partial charge in [0.05, 0.1) is 22.3 Å². The lowest BCUT2D eigenvalue weighted by atomic mass is 10.1. The second-order valence-corrected chi connectivity index (χ2v) is 7.04. The Morgan fingerprint density at radius 3 is 2.39 bits per heavy atom. The Balaban J connectivity index is 1.73. The van der Waals surface area contributed by atoms with Gasteiger partial charge in [-0.05, 0) is 29.8 Å². The zero-order valence-electron chi connectivity index (χ0n) is 16.9. The summed E-state index contributed by atoms with van der Waals surface area (Å²) in [7, 11) is 1.79. The fraction of sp³-hybridized carbons (Fsp3) is 0.120. The van der Waals surface area contributed by atoms with Crippen LogP contribution in [0, 0.1) is 11.3 Å². The maximum Gasteiger partial charge on any atom is 0.341 e. The first kappa shape index (κ1) is 20.0. The number of nitriles is 1. The molecule has 154 valence electrons. The lowest BCUT2D eigenvalue weighted by molar-refractivity contribution is 0.0471. The van der Waals surface area contributed by atoms with E-state index >= 15 is 0 Å². The molecule has 0 spiro atoms. The molecule has 0 saturated heterocycles. The van der Waals surface area contributed by atoms with Gasteiger partial charge < -0.3 is 19.1 Å². The lowest BCUT2D eigenvalue weighted by Gasteiger charge is -2.10. The number of phenols is 1. The molecule has 0 bridgehead atoms. The standard InChI is InChI=1S/C25H20N2O4/c1-27-21-12-18(14-26)23(28)13-20(21)24(22(27)16-30-19-10-6-3-7-11-19)25(29)31-15-17-8-4-2-5-9-17/h2-13,28H,15-16H2,1H3. The van der Waals surface area contributed by atoms with Crippen molar-refractivity contribution < 1.29 is 19.4 Å². The van der Waals surface area contributed by atoms with E-state index in [1.54, 1.807) is 17.7 Å². The molecular formula is C25H20N2O4. The summed E-state index contributed by atoms with van der Waals surface area (Å²) >= 11 is 0. The number of para-hydroxylation sites is 1. The van der Waals surface area contributed by atoms with Crippen LogP contribution in [-0.2, 0) is 25.0 Å². The van der Waals surface area contributed by atoms with E-state index < -0.39 is 5.97 Å². The molecule has 4 aromatic rings. The van der Waals surface area contributed by atoms with Crippen LogP contribution in [-0.4, -0.2) is 15.6 Å².